The van der Waals surface area contributed by atoms with E-state index in [4.69, 9.17) is 12.2 Å². The summed E-state index contributed by atoms with van der Waals surface area (Å²) in [5.41, 5.74) is -0.180. The number of carboxylic acids is 1. The van der Waals surface area contributed by atoms with Gasteiger partial charge in [-0.3, -0.25) is 4.79 Å². The predicted molar refractivity (Wildman–Crippen MR) is 123 cm³/mol. The van der Waals surface area contributed by atoms with Gasteiger partial charge >= 0.3 is 5.97 Å². The molecular formula is C21H21FN6O3S. The van der Waals surface area contributed by atoms with Crippen LogP contribution in [0.4, 0.5) is 16.0 Å². The molecule has 166 valence electrons. The Morgan fingerprint density at radius 2 is 1.97 bits per heavy atom. The first-order valence-corrected chi connectivity index (χ1v) is 10.5. The number of benzene rings is 1. The van der Waals surface area contributed by atoms with Crippen molar-refractivity contribution in [3.63, 3.8) is 0 Å². The Hall–Kier alpha value is -3.60. The highest BCUT2D eigenvalue weighted by molar-refractivity contribution is 7.80. The van der Waals surface area contributed by atoms with Crippen LogP contribution >= 0.6 is 12.2 Å². The van der Waals surface area contributed by atoms with Crippen LogP contribution < -0.4 is 15.6 Å². The van der Waals surface area contributed by atoms with Crippen LogP contribution in [0.25, 0.3) is 11.0 Å². The average Bonchev–Trinajstić information content (AvgIpc) is 2.80. The van der Waals surface area contributed by atoms with E-state index >= 15 is 0 Å². The van der Waals surface area contributed by atoms with E-state index in [1.54, 1.807) is 22.8 Å². The summed E-state index contributed by atoms with van der Waals surface area (Å²) in [5, 5.41) is 12.8. The lowest BCUT2D eigenvalue weighted by atomic mass is 10.2. The molecule has 4 rings (SSSR count). The fraction of sp³-hybridized carbons (Fsp3) is 0.286. The van der Waals surface area contributed by atoms with Gasteiger partial charge in [-0.15, -0.1) is 0 Å². The Kier molecular flexibility index (Phi) is 5.99. The maximum atomic E-state index is 13.9. The highest BCUT2D eigenvalue weighted by Crippen LogP contribution is 2.18. The van der Waals surface area contributed by atoms with Crippen LogP contribution in [0.3, 0.4) is 0 Å². The molecule has 0 atom stereocenters. The Balaban J connectivity index is 1.51. The number of nitrogens with zero attached hydrogens (tertiary/aromatic N) is 5. The minimum absolute atomic E-state index is 0.171. The first-order valence-electron chi connectivity index (χ1n) is 10.1. The summed E-state index contributed by atoms with van der Waals surface area (Å²) in [6, 6.07) is 6.35. The molecule has 2 N–H and O–H groups in total. The van der Waals surface area contributed by atoms with Crippen LogP contribution in [0.2, 0.25) is 0 Å². The average molecular weight is 457 g/mol. The molecular weight excluding hydrogens is 435 g/mol. The number of aryl methyl sites for hydroxylation is 1. The van der Waals surface area contributed by atoms with Gasteiger partial charge in [0.1, 0.15) is 17.0 Å². The second-order valence-electron chi connectivity index (χ2n) is 7.25. The molecule has 0 amide bonds. The topological polar surface area (TPSA) is 104 Å². The van der Waals surface area contributed by atoms with Gasteiger partial charge in [0.15, 0.2) is 5.11 Å². The van der Waals surface area contributed by atoms with Crippen LogP contribution in [0.15, 0.2) is 41.5 Å². The predicted octanol–water partition coefficient (Wildman–Crippen LogP) is 2.17. The van der Waals surface area contributed by atoms with Crippen molar-refractivity contribution in [1.82, 2.24) is 19.4 Å². The number of carbonyl (C=O) groups is 1. The number of aromatic carboxylic acids is 1. The quantitative estimate of drug-likeness (QED) is 0.572. The minimum atomic E-state index is -1.28. The molecule has 32 heavy (non-hydrogen) atoms. The zero-order chi connectivity index (χ0) is 22.8. The molecule has 2 aromatic heterocycles. The number of para-hydroxylation sites is 1. The molecule has 1 aliphatic heterocycles. The molecule has 1 saturated heterocycles. The van der Waals surface area contributed by atoms with Crippen LogP contribution in [0.1, 0.15) is 17.3 Å². The Morgan fingerprint density at radius 3 is 2.62 bits per heavy atom. The molecule has 0 radical (unpaired) electrons. The highest BCUT2D eigenvalue weighted by Gasteiger charge is 2.23. The van der Waals surface area contributed by atoms with Crippen molar-refractivity contribution in [2.24, 2.45) is 0 Å². The van der Waals surface area contributed by atoms with E-state index in [1.165, 1.54) is 18.5 Å². The normalized spacial score (nSPS) is 13.9. The first-order chi connectivity index (χ1) is 15.4. The van der Waals surface area contributed by atoms with Crippen molar-refractivity contribution >= 4 is 46.0 Å². The maximum Gasteiger partial charge on any atom is 0.341 e. The molecule has 0 bridgehead atoms. The van der Waals surface area contributed by atoms with Gasteiger partial charge in [-0.2, -0.15) is 4.98 Å². The Labute approximate surface area is 188 Å². The SMILES string of the molecule is CCn1cc(C(=O)O)c(=O)c2cnc(N3CCN(C(=S)Nc4ccccc4F)CC3)nc21. The number of fused-ring (bicyclic) bond motifs is 1. The summed E-state index contributed by atoms with van der Waals surface area (Å²) in [6.45, 7) is 4.62. The Bertz CT molecular complexity index is 1260. The monoisotopic (exact) mass is 456 g/mol. The number of hydrogen-bond donors (Lipinski definition) is 2. The van der Waals surface area contributed by atoms with Crippen LogP contribution in [-0.2, 0) is 6.54 Å². The van der Waals surface area contributed by atoms with Crippen LogP contribution in [0.5, 0.6) is 0 Å². The third kappa shape index (κ3) is 4.11. The van der Waals surface area contributed by atoms with Gasteiger partial charge in [0.2, 0.25) is 11.4 Å². The lowest BCUT2D eigenvalue weighted by Gasteiger charge is -2.36. The molecule has 0 aliphatic carbocycles. The van der Waals surface area contributed by atoms with Crippen molar-refractivity contribution in [3.8, 4) is 0 Å². The number of pyridine rings is 1. The number of nitrogens with one attached hydrogen (secondary N) is 1. The number of carboxylic acid groups (broad SMARTS) is 1. The fourth-order valence-electron chi connectivity index (χ4n) is 3.58. The second kappa shape index (κ2) is 8.87. The number of anilines is 2. The summed E-state index contributed by atoms with van der Waals surface area (Å²) >= 11 is 5.43. The van der Waals surface area contributed by atoms with Gasteiger partial charge in [0, 0.05) is 45.1 Å². The largest absolute Gasteiger partial charge is 0.477 e. The fourth-order valence-corrected chi connectivity index (χ4v) is 3.87. The van der Waals surface area contributed by atoms with Crippen molar-refractivity contribution in [3.05, 3.63) is 58.3 Å². The number of piperazine rings is 1. The zero-order valence-corrected chi connectivity index (χ0v) is 18.1. The van der Waals surface area contributed by atoms with E-state index in [0.717, 1.165) is 0 Å². The van der Waals surface area contributed by atoms with Crippen molar-refractivity contribution in [2.75, 3.05) is 36.4 Å². The number of hydrogen-bond acceptors (Lipinski definition) is 6. The summed E-state index contributed by atoms with van der Waals surface area (Å²) in [6.07, 6.45) is 2.70. The number of aromatic nitrogens is 3. The summed E-state index contributed by atoms with van der Waals surface area (Å²) in [5.74, 6) is -1.19. The number of thiocarbonyl (C=S) groups is 1. The molecule has 1 aliphatic rings. The van der Waals surface area contributed by atoms with Gasteiger partial charge in [0.25, 0.3) is 0 Å². The highest BCUT2D eigenvalue weighted by atomic mass is 32.1. The molecule has 1 fully saturated rings. The van der Waals surface area contributed by atoms with E-state index in [2.05, 4.69) is 15.3 Å². The van der Waals surface area contributed by atoms with Crippen molar-refractivity contribution in [1.29, 1.82) is 0 Å². The standard InChI is InChI=1S/C21H21FN6O3S/c1-2-26-12-14(19(30)31)17(29)13-11-23-20(25-18(13)26)27-7-9-28(10-8-27)21(32)24-16-6-4-3-5-15(16)22/h3-6,11-12H,2,7-10H2,1H3,(H,24,32)(H,30,31). The minimum Gasteiger partial charge on any atom is -0.477 e. The summed E-state index contributed by atoms with van der Waals surface area (Å²) < 4.78 is 15.5. The van der Waals surface area contributed by atoms with Gasteiger partial charge in [0.05, 0.1) is 11.1 Å². The van der Waals surface area contributed by atoms with E-state index in [1.807, 2.05) is 16.7 Å². The van der Waals surface area contributed by atoms with E-state index < -0.39 is 11.4 Å². The van der Waals surface area contributed by atoms with Crippen LogP contribution in [-0.4, -0.2) is 61.8 Å². The second-order valence-corrected chi connectivity index (χ2v) is 7.64. The number of rotatable bonds is 4. The molecule has 3 heterocycles. The van der Waals surface area contributed by atoms with Gasteiger partial charge in [-0.05, 0) is 31.3 Å². The molecule has 0 spiro atoms. The summed E-state index contributed by atoms with van der Waals surface area (Å²) in [7, 11) is 0. The van der Waals surface area contributed by atoms with E-state index in [0.29, 0.717) is 55.1 Å². The third-order valence-corrected chi connectivity index (χ3v) is 5.70. The smallest absolute Gasteiger partial charge is 0.341 e. The molecule has 9 nitrogen and oxygen atoms in total. The zero-order valence-electron chi connectivity index (χ0n) is 17.3. The van der Waals surface area contributed by atoms with Gasteiger partial charge in [-0.25, -0.2) is 14.2 Å². The third-order valence-electron chi connectivity index (χ3n) is 5.34. The van der Waals surface area contributed by atoms with E-state index in [-0.39, 0.29) is 16.8 Å². The van der Waals surface area contributed by atoms with Crippen LogP contribution in [0, 0.1) is 5.82 Å². The first kappa shape index (κ1) is 21.6. The van der Waals surface area contributed by atoms with Gasteiger partial charge < -0.3 is 24.8 Å². The molecule has 3 aromatic rings. The van der Waals surface area contributed by atoms with Crippen molar-refractivity contribution in [2.45, 2.75) is 13.5 Å². The molecule has 11 heteroatoms. The lowest BCUT2D eigenvalue weighted by Crippen LogP contribution is -2.50. The van der Waals surface area contributed by atoms with Gasteiger partial charge in [-0.1, -0.05) is 12.1 Å². The van der Waals surface area contributed by atoms with Crippen molar-refractivity contribution < 1.29 is 14.3 Å². The molecule has 1 aromatic carbocycles. The maximum absolute atomic E-state index is 13.9. The Morgan fingerprint density at radius 1 is 1.25 bits per heavy atom. The molecule has 0 unspecified atom stereocenters. The van der Waals surface area contributed by atoms with E-state index in [9.17, 15) is 19.1 Å². The molecule has 0 saturated carbocycles. The summed E-state index contributed by atoms with van der Waals surface area (Å²) in [4.78, 5) is 36.6. The lowest BCUT2D eigenvalue weighted by molar-refractivity contribution is 0.0695. The number of halogens is 1.